The van der Waals surface area contributed by atoms with Gasteiger partial charge in [0.1, 0.15) is 0 Å². The Hall–Kier alpha value is -1.72. The summed E-state index contributed by atoms with van der Waals surface area (Å²) < 4.78 is 11.1. The van der Waals surface area contributed by atoms with Gasteiger partial charge in [0.05, 0.1) is 25.3 Å². The van der Waals surface area contributed by atoms with Crippen LogP contribution in [0.3, 0.4) is 0 Å². The van der Waals surface area contributed by atoms with Gasteiger partial charge in [0, 0.05) is 26.3 Å². The van der Waals surface area contributed by atoms with Gasteiger partial charge in [-0.1, -0.05) is 76.2 Å². The molecule has 0 unspecified atom stereocenters. The maximum atomic E-state index is 5.55. The Kier molecular flexibility index (Phi) is 8.06. The van der Waals surface area contributed by atoms with Gasteiger partial charge in [0.15, 0.2) is 0 Å². The van der Waals surface area contributed by atoms with Crippen molar-refractivity contribution >= 4 is 0 Å². The maximum absolute atomic E-state index is 5.55. The number of benzene rings is 2. The normalized spacial score (nSPS) is 20.1. The first-order valence-corrected chi connectivity index (χ1v) is 11.2. The lowest BCUT2D eigenvalue weighted by molar-refractivity contribution is 0.119. The van der Waals surface area contributed by atoms with Crippen LogP contribution in [-0.2, 0) is 9.47 Å². The molecule has 4 atom stereocenters. The van der Waals surface area contributed by atoms with Gasteiger partial charge in [0.25, 0.3) is 0 Å². The second-order valence-electron chi connectivity index (χ2n) is 9.07. The number of hydrogen-bond donors (Lipinski definition) is 2. The lowest BCUT2D eigenvalue weighted by Crippen LogP contribution is -2.49. The van der Waals surface area contributed by atoms with E-state index in [0.717, 1.165) is 0 Å². The summed E-state index contributed by atoms with van der Waals surface area (Å²) in [6.45, 7) is 10.4. The number of fused-ring (bicyclic) bond motifs is 3. The number of ether oxygens (including phenoxy) is 2. The monoisotopic (exact) mass is 410 g/mol. The van der Waals surface area contributed by atoms with Crippen molar-refractivity contribution in [3.05, 3.63) is 59.7 Å². The number of hydrogen-bond acceptors (Lipinski definition) is 4. The Bertz CT molecular complexity index is 738. The molecular formula is C26H38N2O2. The minimum Gasteiger partial charge on any atom is -0.383 e. The predicted molar refractivity (Wildman–Crippen MR) is 125 cm³/mol. The standard InChI is InChI=1S/C26H38N2O2/c1-17(2)23(15-29-5)27-25-21-13-9-7-11-19(21)20-12-8-10-14-22(20)26(25)28-24(16-30-6)18(3)4/h7-14,17-18,23-28H,15-16H2,1-6H3/t23-,24-,25-,26-/m1/s1. The molecule has 0 bridgehead atoms. The second kappa shape index (κ2) is 10.5. The quantitative estimate of drug-likeness (QED) is 0.580. The van der Waals surface area contributed by atoms with Crippen molar-refractivity contribution in [2.24, 2.45) is 11.8 Å². The van der Waals surface area contributed by atoms with E-state index in [0.29, 0.717) is 25.0 Å². The molecule has 30 heavy (non-hydrogen) atoms. The zero-order valence-corrected chi connectivity index (χ0v) is 19.3. The smallest absolute Gasteiger partial charge is 0.0618 e. The first-order valence-electron chi connectivity index (χ1n) is 11.2. The highest BCUT2D eigenvalue weighted by Crippen LogP contribution is 2.45. The Morgan fingerprint density at radius 1 is 0.667 bits per heavy atom. The predicted octanol–water partition coefficient (Wildman–Crippen LogP) is 4.97. The van der Waals surface area contributed by atoms with E-state index in [1.807, 2.05) is 0 Å². The van der Waals surface area contributed by atoms with Crippen LogP contribution in [0.4, 0.5) is 0 Å². The van der Waals surface area contributed by atoms with Gasteiger partial charge in [-0.25, -0.2) is 0 Å². The lowest BCUT2D eigenvalue weighted by atomic mass is 9.78. The average molecular weight is 411 g/mol. The van der Waals surface area contributed by atoms with Gasteiger partial charge in [-0.3, -0.25) is 0 Å². The zero-order chi connectivity index (χ0) is 21.7. The van der Waals surface area contributed by atoms with E-state index in [4.69, 9.17) is 9.47 Å². The molecule has 0 aromatic heterocycles. The van der Waals surface area contributed by atoms with Crippen LogP contribution < -0.4 is 10.6 Å². The molecule has 1 aliphatic carbocycles. The van der Waals surface area contributed by atoms with Gasteiger partial charge in [-0.05, 0) is 34.1 Å². The molecule has 0 aliphatic heterocycles. The molecule has 0 saturated carbocycles. The van der Waals surface area contributed by atoms with Crippen LogP contribution in [0.2, 0.25) is 0 Å². The molecule has 2 aromatic rings. The van der Waals surface area contributed by atoms with Crippen molar-refractivity contribution in [1.29, 1.82) is 0 Å². The van der Waals surface area contributed by atoms with Crippen LogP contribution in [0, 0.1) is 11.8 Å². The van der Waals surface area contributed by atoms with Gasteiger partial charge in [-0.2, -0.15) is 0 Å². The molecule has 4 heteroatoms. The van der Waals surface area contributed by atoms with E-state index in [1.54, 1.807) is 14.2 Å². The molecule has 0 heterocycles. The number of methoxy groups -OCH3 is 2. The zero-order valence-electron chi connectivity index (χ0n) is 19.3. The average Bonchev–Trinajstić information content (AvgIpc) is 2.74. The minimum absolute atomic E-state index is 0.150. The van der Waals surface area contributed by atoms with Crippen molar-refractivity contribution in [1.82, 2.24) is 10.6 Å². The van der Waals surface area contributed by atoms with E-state index in [-0.39, 0.29) is 24.2 Å². The fraction of sp³-hybridized carbons (Fsp3) is 0.538. The number of rotatable bonds is 10. The van der Waals surface area contributed by atoms with Crippen LogP contribution >= 0.6 is 0 Å². The Morgan fingerprint density at radius 2 is 1.03 bits per heavy atom. The first-order chi connectivity index (χ1) is 14.5. The highest BCUT2D eigenvalue weighted by Gasteiger charge is 2.36. The maximum Gasteiger partial charge on any atom is 0.0618 e. The summed E-state index contributed by atoms with van der Waals surface area (Å²) in [5.41, 5.74) is 5.32. The molecule has 0 spiro atoms. The van der Waals surface area contributed by atoms with Gasteiger partial charge < -0.3 is 20.1 Å². The minimum atomic E-state index is 0.150. The fourth-order valence-corrected chi connectivity index (χ4v) is 4.44. The molecule has 1 aliphatic rings. The summed E-state index contributed by atoms with van der Waals surface area (Å²) in [7, 11) is 3.56. The second-order valence-corrected chi connectivity index (χ2v) is 9.07. The Morgan fingerprint density at radius 3 is 1.37 bits per heavy atom. The molecule has 0 fully saturated rings. The van der Waals surface area contributed by atoms with Crippen LogP contribution in [0.25, 0.3) is 11.1 Å². The molecule has 2 aromatic carbocycles. The van der Waals surface area contributed by atoms with Crippen LogP contribution in [0.1, 0.15) is 50.9 Å². The Labute approximate surface area is 182 Å². The summed E-state index contributed by atoms with van der Waals surface area (Å²) >= 11 is 0. The van der Waals surface area contributed by atoms with Gasteiger partial charge in [0.2, 0.25) is 0 Å². The van der Waals surface area contributed by atoms with E-state index in [1.165, 1.54) is 22.3 Å². The topological polar surface area (TPSA) is 42.5 Å². The summed E-state index contributed by atoms with van der Waals surface area (Å²) in [6, 6.07) is 18.4. The summed E-state index contributed by atoms with van der Waals surface area (Å²) in [4.78, 5) is 0. The van der Waals surface area contributed by atoms with Crippen molar-refractivity contribution in [2.75, 3.05) is 27.4 Å². The van der Waals surface area contributed by atoms with Gasteiger partial charge in [-0.15, -0.1) is 0 Å². The molecule has 3 rings (SSSR count). The molecule has 0 saturated heterocycles. The highest BCUT2D eigenvalue weighted by molar-refractivity contribution is 5.75. The summed E-state index contributed by atoms with van der Waals surface area (Å²) in [5.74, 6) is 0.935. The largest absolute Gasteiger partial charge is 0.383 e. The van der Waals surface area contributed by atoms with Crippen LogP contribution in [0.5, 0.6) is 0 Å². The van der Waals surface area contributed by atoms with Crippen molar-refractivity contribution in [2.45, 2.75) is 51.9 Å². The highest BCUT2D eigenvalue weighted by atomic mass is 16.5. The molecule has 4 nitrogen and oxygen atoms in total. The molecule has 2 N–H and O–H groups in total. The van der Waals surface area contributed by atoms with E-state index in [9.17, 15) is 0 Å². The van der Waals surface area contributed by atoms with Crippen LogP contribution in [-0.4, -0.2) is 39.5 Å². The third-order valence-corrected chi connectivity index (χ3v) is 6.30. The van der Waals surface area contributed by atoms with Crippen molar-refractivity contribution < 1.29 is 9.47 Å². The van der Waals surface area contributed by atoms with E-state index >= 15 is 0 Å². The summed E-state index contributed by atoms with van der Waals surface area (Å²) in [5, 5.41) is 7.92. The third kappa shape index (κ3) is 4.94. The van der Waals surface area contributed by atoms with E-state index < -0.39 is 0 Å². The van der Waals surface area contributed by atoms with Crippen LogP contribution in [0.15, 0.2) is 48.5 Å². The third-order valence-electron chi connectivity index (χ3n) is 6.30. The number of nitrogens with one attached hydrogen (secondary N) is 2. The first kappa shape index (κ1) is 23.0. The van der Waals surface area contributed by atoms with E-state index in [2.05, 4.69) is 86.9 Å². The molecule has 0 amide bonds. The fourth-order valence-electron chi connectivity index (χ4n) is 4.44. The molecular weight excluding hydrogens is 372 g/mol. The summed E-state index contributed by atoms with van der Waals surface area (Å²) in [6.07, 6.45) is 0. The lowest BCUT2D eigenvalue weighted by Gasteiger charge is -2.41. The van der Waals surface area contributed by atoms with Crippen molar-refractivity contribution in [3.63, 3.8) is 0 Å². The van der Waals surface area contributed by atoms with Gasteiger partial charge >= 0.3 is 0 Å². The Balaban J connectivity index is 2.07. The molecule has 164 valence electrons. The SMILES string of the molecule is COC[C@@H](N[C@@H]1c2ccccc2-c2ccccc2[C@H]1N[C@H](COC)C(C)C)C(C)C. The molecule has 0 radical (unpaired) electrons. The van der Waals surface area contributed by atoms with Crippen molar-refractivity contribution in [3.8, 4) is 11.1 Å².